The Morgan fingerprint density at radius 1 is 0.938 bits per heavy atom. The molecule has 3 heteroatoms. The van der Waals surface area contributed by atoms with Crippen molar-refractivity contribution in [2.75, 3.05) is 31.2 Å². The summed E-state index contributed by atoms with van der Waals surface area (Å²) in [5, 5.41) is 18.0. The highest BCUT2D eigenvalue weighted by molar-refractivity contribution is 5.53. The first kappa shape index (κ1) is 13.0. The van der Waals surface area contributed by atoms with Crippen molar-refractivity contribution >= 4 is 5.69 Å². The third kappa shape index (κ3) is 2.97. The molecule has 0 aliphatic heterocycles. The minimum Gasteiger partial charge on any atom is -0.395 e. The van der Waals surface area contributed by atoms with Gasteiger partial charge in [0.15, 0.2) is 0 Å². The van der Waals surface area contributed by atoms with Crippen LogP contribution in [0.3, 0.4) is 0 Å². The van der Waals surface area contributed by atoms with E-state index in [0.29, 0.717) is 13.1 Å². The molecule has 0 radical (unpaired) electrons. The van der Waals surface area contributed by atoms with Crippen molar-refractivity contribution in [3.63, 3.8) is 0 Å². The molecule has 0 atom stereocenters. The number of hydrogen-bond donors (Lipinski definition) is 2. The lowest BCUT2D eigenvalue weighted by Gasteiger charge is -2.24. The normalized spacial score (nSPS) is 10.6. The first-order chi connectivity index (χ1) is 7.60. The van der Waals surface area contributed by atoms with E-state index in [0.717, 1.165) is 5.69 Å². The molecule has 2 N–H and O–H groups in total. The van der Waals surface area contributed by atoms with Crippen LogP contribution in [0.4, 0.5) is 5.69 Å². The third-order valence-corrected chi connectivity index (χ3v) is 3.02. The van der Waals surface area contributed by atoms with Gasteiger partial charge in [0.2, 0.25) is 0 Å². The van der Waals surface area contributed by atoms with E-state index < -0.39 is 0 Å². The Balaban J connectivity index is 3.00. The van der Waals surface area contributed by atoms with Gasteiger partial charge in [0.25, 0.3) is 0 Å². The summed E-state index contributed by atoms with van der Waals surface area (Å²) in [5.41, 5.74) is 4.87. The van der Waals surface area contributed by atoms with Gasteiger partial charge < -0.3 is 15.1 Å². The van der Waals surface area contributed by atoms with Gasteiger partial charge in [-0.25, -0.2) is 0 Å². The third-order valence-electron chi connectivity index (χ3n) is 3.02. The van der Waals surface area contributed by atoms with Gasteiger partial charge in [0, 0.05) is 18.8 Å². The molecule has 16 heavy (non-hydrogen) atoms. The predicted octanol–water partition coefficient (Wildman–Crippen LogP) is 1.40. The van der Waals surface area contributed by atoms with Gasteiger partial charge in [0.1, 0.15) is 0 Å². The summed E-state index contributed by atoms with van der Waals surface area (Å²) >= 11 is 0. The molecule has 0 bridgehead atoms. The Hall–Kier alpha value is -1.06. The maximum Gasteiger partial charge on any atom is 0.0606 e. The van der Waals surface area contributed by atoms with Gasteiger partial charge in [0.05, 0.1) is 13.2 Å². The predicted molar refractivity (Wildman–Crippen MR) is 67.0 cm³/mol. The molecule has 0 fully saturated rings. The van der Waals surface area contributed by atoms with Crippen LogP contribution in [0, 0.1) is 20.8 Å². The summed E-state index contributed by atoms with van der Waals surface area (Å²) < 4.78 is 0. The Kier molecular flexibility index (Phi) is 4.77. The topological polar surface area (TPSA) is 43.7 Å². The summed E-state index contributed by atoms with van der Waals surface area (Å²) in [7, 11) is 0. The smallest absolute Gasteiger partial charge is 0.0606 e. The molecule has 0 unspecified atom stereocenters. The van der Waals surface area contributed by atoms with Gasteiger partial charge in [-0.15, -0.1) is 0 Å². The summed E-state index contributed by atoms with van der Waals surface area (Å²) in [6, 6.07) is 4.21. The van der Waals surface area contributed by atoms with Crippen molar-refractivity contribution in [3.05, 3.63) is 28.8 Å². The fourth-order valence-electron chi connectivity index (χ4n) is 1.81. The Morgan fingerprint density at radius 2 is 1.38 bits per heavy atom. The molecule has 0 aliphatic rings. The zero-order valence-electron chi connectivity index (χ0n) is 10.3. The van der Waals surface area contributed by atoms with Gasteiger partial charge in [-0.05, 0) is 49.6 Å². The summed E-state index contributed by atoms with van der Waals surface area (Å²) in [6.45, 7) is 7.60. The van der Waals surface area contributed by atoms with Crippen LogP contribution in [0.25, 0.3) is 0 Å². The van der Waals surface area contributed by atoms with Crippen LogP contribution < -0.4 is 4.90 Å². The lowest BCUT2D eigenvalue weighted by molar-refractivity contribution is 0.281. The molecule has 0 saturated heterocycles. The highest BCUT2D eigenvalue weighted by Crippen LogP contribution is 2.22. The lowest BCUT2D eigenvalue weighted by Crippen LogP contribution is -2.29. The maximum absolute atomic E-state index is 8.99. The molecule has 1 aromatic carbocycles. The van der Waals surface area contributed by atoms with Crippen molar-refractivity contribution in [1.82, 2.24) is 0 Å². The van der Waals surface area contributed by atoms with Crippen LogP contribution in [-0.2, 0) is 0 Å². The van der Waals surface area contributed by atoms with E-state index in [-0.39, 0.29) is 13.2 Å². The number of aryl methyl sites for hydroxylation is 2. The molecule has 0 spiro atoms. The molecule has 0 aliphatic carbocycles. The average molecular weight is 223 g/mol. The molecule has 0 aromatic heterocycles. The molecular formula is C13H21NO2. The summed E-state index contributed by atoms with van der Waals surface area (Å²) in [6.07, 6.45) is 0. The Morgan fingerprint density at radius 3 is 1.75 bits per heavy atom. The zero-order chi connectivity index (χ0) is 12.1. The van der Waals surface area contributed by atoms with Crippen LogP contribution in [0.15, 0.2) is 12.1 Å². The monoisotopic (exact) mass is 223 g/mol. The maximum atomic E-state index is 8.99. The van der Waals surface area contributed by atoms with E-state index in [2.05, 4.69) is 32.9 Å². The highest BCUT2D eigenvalue weighted by atomic mass is 16.3. The standard InChI is InChI=1S/C13H21NO2/c1-10-8-13(9-11(2)12(10)3)14(4-6-15)5-7-16/h8-9,15-16H,4-7H2,1-3H3. The van der Waals surface area contributed by atoms with Gasteiger partial charge >= 0.3 is 0 Å². The molecule has 3 nitrogen and oxygen atoms in total. The van der Waals surface area contributed by atoms with Gasteiger partial charge in [-0.1, -0.05) is 0 Å². The first-order valence-electron chi connectivity index (χ1n) is 5.64. The van der Waals surface area contributed by atoms with Crippen LogP contribution in [0.1, 0.15) is 16.7 Å². The minimum atomic E-state index is 0.103. The quantitative estimate of drug-likeness (QED) is 0.793. The number of benzene rings is 1. The number of hydrogen-bond acceptors (Lipinski definition) is 3. The van der Waals surface area contributed by atoms with Crippen molar-refractivity contribution in [1.29, 1.82) is 0 Å². The van der Waals surface area contributed by atoms with Crippen molar-refractivity contribution in [3.8, 4) is 0 Å². The van der Waals surface area contributed by atoms with Gasteiger partial charge in [-0.3, -0.25) is 0 Å². The number of rotatable bonds is 5. The van der Waals surface area contributed by atoms with Crippen LogP contribution in [-0.4, -0.2) is 36.5 Å². The zero-order valence-corrected chi connectivity index (χ0v) is 10.3. The summed E-state index contributed by atoms with van der Waals surface area (Å²) in [5.74, 6) is 0. The largest absolute Gasteiger partial charge is 0.395 e. The van der Waals surface area contributed by atoms with Crippen LogP contribution in [0.2, 0.25) is 0 Å². The van der Waals surface area contributed by atoms with Crippen molar-refractivity contribution < 1.29 is 10.2 Å². The van der Waals surface area contributed by atoms with E-state index in [1.165, 1.54) is 16.7 Å². The summed E-state index contributed by atoms with van der Waals surface area (Å²) in [4.78, 5) is 2.00. The van der Waals surface area contributed by atoms with Crippen LogP contribution in [0.5, 0.6) is 0 Å². The molecule has 0 saturated carbocycles. The van der Waals surface area contributed by atoms with Crippen molar-refractivity contribution in [2.24, 2.45) is 0 Å². The van der Waals surface area contributed by atoms with Crippen LogP contribution >= 0.6 is 0 Å². The fourth-order valence-corrected chi connectivity index (χ4v) is 1.81. The lowest BCUT2D eigenvalue weighted by atomic mass is 10.0. The number of nitrogens with zero attached hydrogens (tertiary/aromatic N) is 1. The Bertz CT molecular complexity index is 321. The molecule has 1 aromatic rings. The second-order valence-corrected chi connectivity index (χ2v) is 4.14. The van der Waals surface area contributed by atoms with E-state index in [1.54, 1.807) is 0 Å². The van der Waals surface area contributed by atoms with E-state index in [4.69, 9.17) is 10.2 Å². The number of aliphatic hydroxyl groups excluding tert-OH is 2. The second-order valence-electron chi connectivity index (χ2n) is 4.14. The van der Waals surface area contributed by atoms with E-state index in [9.17, 15) is 0 Å². The molecule has 1 rings (SSSR count). The number of aliphatic hydroxyl groups is 2. The highest BCUT2D eigenvalue weighted by Gasteiger charge is 2.08. The Labute approximate surface area is 97.3 Å². The minimum absolute atomic E-state index is 0.103. The number of anilines is 1. The molecule has 0 amide bonds. The molecular weight excluding hydrogens is 202 g/mol. The first-order valence-corrected chi connectivity index (χ1v) is 5.64. The van der Waals surface area contributed by atoms with Crippen molar-refractivity contribution in [2.45, 2.75) is 20.8 Å². The van der Waals surface area contributed by atoms with E-state index >= 15 is 0 Å². The molecule has 90 valence electrons. The van der Waals surface area contributed by atoms with Gasteiger partial charge in [-0.2, -0.15) is 0 Å². The average Bonchev–Trinajstić information content (AvgIpc) is 2.25. The fraction of sp³-hybridized carbons (Fsp3) is 0.538. The van der Waals surface area contributed by atoms with E-state index in [1.807, 2.05) is 4.90 Å². The second kappa shape index (κ2) is 5.87. The SMILES string of the molecule is Cc1cc(N(CCO)CCO)cc(C)c1C. The molecule has 0 heterocycles.